The fourth-order valence-corrected chi connectivity index (χ4v) is 9.88. The van der Waals surface area contributed by atoms with E-state index in [1.54, 1.807) is 0 Å². The molecule has 4 heterocycles. The van der Waals surface area contributed by atoms with Crippen LogP contribution in [-0.4, -0.2) is 115 Å². The maximum absolute atomic E-state index is 16.1. The second-order valence-electron chi connectivity index (χ2n) is 14.5. The second kappa shape index (κ2) is 12.4. The molecule has 0 spiro atoms. The summed E-state index contributed by atoms with van der Waals surface area (Å²) in [5.74, 6) is 0.329. The van der Waals surface area contributed by atoms with Crippen molar-refractivity contribution in [3.05, 3.63) is 11.8 Å². The smallest absolute Gasteiger partial charge is 0.256 e. The first kappa shape index (κ1) is 29.2. The van der Waals surface area contributed by atoms with Gasteiger partial charge in [-0.25, -0.2) is 4.39 Å². The number of nitrogens with one attached hydrogen (secondary N) is 2. The minimum Gasteiger partial charge on any atom is -0.369 e. The summed E-state index contributed by atoms with van der Waals surface area (Å²) >= 11 is 0. The minimum absolute atomic E-state index is 0.0195. The molecule has 234 valence electrons. The van der Waals surface area contributed by atoms with E-state index >= 15 is 4.39 Å². The van der Waals surface area contributed by atoms with E-state index in [2.05, 4.69) is 32.4 Å². The number of amides is 1. The van der Waals surface area contributed by atoms with Crippen molar-refractivity contribution in [3.63, 3.8) is 0 Å². The molecule has 7 aliphatic rings. The van der Waals surface area contributed by atoms with Crippen molar-refractivity contribution in [2.24, 2.45) is 17.8 Å². The molecule has 6 fully saturated rings. The zero-order chi connectivity index (χ0) is 28.8. The zero-order valence-corrected chi connectivity index (χ0v) is 25.5. The number of carbonyl (C=O) groups is 2. The number of likely N-dealkylation sites (tertiary alicyclic amines) is 2. The summed E-state index contributed by atoms with van der Waals surface area (Å²) in [5, 5.41) is 6.63. The molecule has 7 rings (SSSR count). The summed E-state index contributed by atoms with van der Waals surface area (Å²) in [7, 11) is 2.14. The Morgan fingerprint density at radius 1 is 1.00 bits per heavy atom. The van der Waals surface area contributed by atoms with E-state index in [1.807, 2.05) is 6.20 Å². The van der Waals surface area contributed by atoms with Gasteiger partial charge in [0.15, 0.2) is 5.78 Å². The van der Waals surface area contributed by atoms with Crippen molar-refractivity contribution in [2.75, 3.05) is 46.3 Å². The molecule has 3 saturated carbocycles. The van der Waals surface area contributed by atoms with Crippen LogP contribution in [0.5, 0.6) is 0 Å². The van der Waals surface area contributed by atoms with Crippen LogP contribution in [-0.2, 0) is 14.3 Å². The molecule has 8 nitrogen and oxygen atoms in total. The molecule has 42 heavy (non-hydrogen) atoms. The quantitative estimate of drug-likeness (QED) is 0.425. The Balaban J connectivity index is 1.11. The van der Waals surface area contributed by atoms with Crippen LogP contribution in [0.3, 0.4) is 0 Å². The first-order valence-corrected chi connectivity index (χ1v) is 17.2. The Morgan fingerprint density at radius 2 is 1.79 bits per heavy atom. The lowest BCUT2D eigenvalue weighted by molar-refractivity contribution is -0.208. The Labute approximate surface area is 251 Å². The molecule has 4 aliphatic heterocycles. The average molecular weight is 586 g/mol. The van der Waals surface area contributed by atoms with Gasteiger partial charge in [-0.3, -0.25) is 9.59 Å². The summed E-state index contributed by atoms with van der Waals surface area (Å²) in [6.45, 7) is 5.56. The van der Waals surface area contributed by atoms with Crippen LogP contribution in [0.25, 0.3) is 0 Å². The Bertz CT molecular complexity index is 1040. The molecule has 0 aromatic carbocycles. The lowest BCUT2D eigenvalue weighted by Crippen LogP contribution is -2.73. The third-order valence-electron chi connectivity index (χ3n) is 12.2. The number of carbonyl (C=O) groups excluding carboxylic acids is 2. The van der Waals surface area contributed by atoms with Gasteiger partial charge in [-0.1, -0.05) is 25.7 Å². The summed E-state index contributed by atoms with van der Waals surface area (Å²) in [6, 6.07) is -0.00419. The minimum atomic E-state index is -1.18. The van der Waals surface area contributed by atoms with Crippen LogP contribution in [0, 0.1) is 17.8 Å². The van der Waals surface area contributed by atoms with Crippen molar-refractivity contribution in [3.8, 4) is 0 Å². The number of Topliss-reactive ketones (excluding diaryl/α,β-unsaturated/α-hetero) is 1. The standard InChI is InChI=1S/C33H52FN5O3/c1-37-13-6-9-23(37)10-11-36-33(41)25-20-39-27-17-21-7-2-3-8-22(21)18-28(27)42-32-29(35-12-16-38-14-4-5-15-38)26(34)19-24(30(32)39)31(25)40/h20-24,26-30,32,35H,2-19H2,1H3,(H,36,41). The van der Waals surface area contributed by atoms with Gasteiger partial charge in [0, 0.05) is 37.8 Å². The van der Waals surface area contributed by atoms with Crippen molar-refractivity contribution in [2.45, 2.75) is 120 Å². The highest BCUT2D eigenvalue weighted by Gasteiger charge is 2.59. The summed E-state index contributed by atoms with van der Waals surface area (Å²) in [4.78, 5) is 34.6. The molecule has 3 saturated heterocycles. The van der Waals surface area contributed by atoms with Gasteiger partial charge in [-0.15, -0.1) is 0 Å². The number of alkyl halides is 1. The SMILES string of the molecule is CN1CCCC1CCNC(=O)C1=CN2C3CC4CCCCC4CC3OC3C(NCCN4CCCC4)C(F)CC(C1=O)C32. The van der Waals surface area contributed by atoms with Gasteiger partial charge in [0.25, 0.3) is 5.91 Å². The number of morpholine rings is 1. The monoisotopic (exact) mass is 585 g/mol. The summed E-state index contributed by atoms with van der Waals surface area (Å²) < 4.78 is 23.0. The van der Waals surface area contributed by atoms with Crippen molar-refractivity contribution in [1.29, 1.82) is 0 Å². The second-order valence-corrected chi connectivity index (χ2v) is 14.5. The van der Waals surface area contributed by atoms with E-state index in [1.165, 1.54) is 44.9 Å². The lowest BCUT2D eigenvalue weighted by Gasteiger charge is -2.61. The molecule has 0 radical (unpaired) electrons. The van der Waals surface area contributed by atoms with E-state index in [4.69, 9.17) is 4.74 Å². The first-order valence-electron chi connectivity index (χ1n) is 17.2. The van der Waals surface area contributed by atoms with E-state index in [0.717, 1.165) is 58.4 Å². The van der Waals surface area contributed by atoms with E-state index in [0.29, 0.717) is 24.4 Å². The number of rotatable bonds is 8. The third-order valence-corrected chi connectivity index (χ3v) is 12.2. The predicted octanol–water partition coefficient (Wildman–Crippen LogP) is 2.87. The van der Waals surface area contributed by atoms with Gasteiger partial charge < -0.3 is 30.1 Å². The molecule has 9 heteroatoms. The van der Waals surface area contributed by atoms with E-state index in [9.17, 15) is 9.59 Å². The number of halogens is 1. The number of ether oxygens (including phenoxy) is 1. The first-order chi connectivity index (χ1) is 20.5. The van der Waals surface area contributed by atoms with Gasteiger partial charge in [0.1, 0.15) is 6.17 Å². The highest BCUT2D eigenvalue weighted by Crippen LogP contribution is 2.50. The Hall–Kier alpha value is -1.55. The van der Waals surface area contributed by atoms with E-state index in [-0.39, 0.29) is 48.0 Å². The van der Waals surface area contributed by atoms with Gasteiger partial charge in [-0.2, -0.15) is 0 Å². The Morgan fingerprint density at radius 3 is 2.55 bits per heavy atom. The number of nitrogens with zero attached hydrogens (tertiary/aromatic N) is 3. The van der Waals surface area contributed by atoms with Gasteiger partial charge >= 0.3 is 0 Å². The maximum atomic E-state index is 16.1. The van der Waals surface area contributed by atoms with Crippen LogP contribution in [0.15, 0.2) is 11.8 Å². The molecule has 1 amide bonds. The molecular formula is C33H52FN5O3. The van der Waals surface area contributed by atoms with Crippen LogP contribution in [0.1, 0.15) is 77.0 Å². The average Bonchev–Trinajstić information content (AvgIpc) is 3.66. The van der Waals surface area contributed by atoms with Crippen LogP contribution >= 0.6 is 0 Å². The molecule has 10 unspecified atom stereocenters. The molecule has 3 aliphatic carbocycles. The molecule has 0 aromatic heterocycles. The molecule has 10 atom stereocenters. The van der Waals surface area contributed by atoms with Gasteiger partial charge in [0.2, 0.25) is 0 Å². The van der Waals surface area contributed by atoms with Gasteiger partial charge in [0.05, 0.1) is 35.9 Å². The fourth-order valence-electron chi connectivity index (χ4n) is 9.88. The number of hydrogen-bond donors (Lipinski definition) is 2. The number of hydrogen-bond acceptors (Lipinski definition) is 7. The fraction of sp³-hybridized carbons (Fsp3) is 0.879. The summed E-state index contributed by atoms with van der Waals surface area (Å²) in [6.07, 6.45) is 13.4. The molecule has 2 N–H and O–H groups in total. The van der Waals surface area contributed by atoms with Crippen molar-refractivity contribution < 1.29 is 18.7 Å². The predicted molar refractivity (Wildman–Crippen MR) is 160 cm³/mol. The van der Waals surface area contributed by atoms with Gasteiger partial charge in [-0.05, 0) is 89.9 Å². The van der Waals surface area contributed by atoms with Crippen LogP contribution < -0.4 is 10.6 Å². The van der Waals surface area contributed by atoms with Crippen molar-refractivity contribution in [1.82, 2.24) is 25.3 Å². The van der Waals surface area contributed by atoms with Crippen LogP contribution in [0.2, 0.25) is 0 Å². The molecule has 0 aromatic rings. The highest BCUT2D eigenvalue weighted by molar-refractivity contribution is 6.20. The largest absolute Gasteiger partial charge is 0.369 e. The number of ketones is 1. The van der Waals surface area contributed by atoms with E-state index < -0.39 is 18.1 Å². The zero-order valence-electron chi connectivity index (χ0n) is 25.5. The van der Waals surface area contributed by atoms with Crippen LogP contribution in [0.4, 0.5) is 4.39 Å². The highest BCUT2D eigenvalue weighted by atomic mass is 19.1. The summed E-state index contributed by atoms with van der Waals surface area (Å²) in [5.41, 5.74) is 0.230. The normalized spacial score (nSPS) is 42.1. The Kier molecular flexibility index (Phi) is 8.65. The topological polar surface area (TPSA) is 77.2 Å². The lowest BCUT2D eigenvalue weighted by atomic mass is 9.65. The maximum Gasteiger partial charge on any atom is 0.256 e. The molecule has 0 bridgehead atoms. The third kappa shape index (κ3) is 5.56. The number of fused-ring (bicyclic) bond motifs is 3. The van der Waals surface area contributed by atoms with Crippen molar-refractivity contribution >= 4 is 11.7 Å². The molecular weight excluding hydrogens is 533 g/mol.